The molecule has 0 radical (unpaired) electrons. The van der Waals surface area contributed by atoms with E-state index in [0.29, 0.717) is 12.3 Å². The van der Waals surface area contributed by atoms with E-state index in [1.54, 1.807) is 0 Å². The molecule has 1 amide bonds. The van der Waals surface area contributed by atoms with Crippen molar-refractivity contribution in [3.63, 3.8) is 0 Å². The fourth-order valence-electron chi connectivity index (χ4n) is 2.00. The van der Waals surface area contributed by atoms with E-state index in [9.17, 15) is 4.79 Å². The molecule has 0 aromatic heterocycles. The van der Waals surface area contributed by atoms with Gasteiger partial charge in [0.25, 0.3) is 0 Å². The number of nitrogens with zero attached hydrogens (tertiary/aromatic N) is 1. The fraction of sp³-hybridized carbons (Fsp3) is 0.917. The summed E-state index contributed by atoms with van der Waals surface area (Å²) in [6.07, 6.45) is 0.676. The number of carbonyl (C=O) groups is 1. The van der Waals surface area contributed by atoms with Crippen molar-refractivity contribution < 1.29 is 4.79 Å². The molecule has 0 aromatic rings. The Morgan fingerprint density at radius 3 is 2.50 bits per heavy atom. The number of hydrogen-bond donors (Lipinski definition) is 2. The van der Waals surface area contributed by atoms with Gasteiger partial charge in [0, 0.05) is 19.0 Å². The molecule has 0 bridgehead atoms. The van der Waals surface area contributed by atoms with Gasteiger partial charge in [-0.15, -0.1) is 0 Å². The van der Waals surface area contributed by atoms with E-state index >= 15 is 0 Å². The maximum absolute atomic E-state index is 11.7. The topological polar surface area (TPSA) is 44.4 Å². The van der Waals surface area contributed by atoms with E-state index in [1.165, 1.54) is 0 Å². The van der Waals surface area contributed by atoms with E-state index in [1.807, 2.05) is 0 Å². The quantitative estimate of drug-likeness (QED) is 0.663. The molecule has 1 rings (SSSR count). The van der Waals surface area contributed by atoms with Gasteiger partial charge in [0.2, 0.25) is 5.91 Å². The zero-order chi connectivity index (χ0) is 12.0. The SMILES string of the molecule is CCN(CC)CC(C)NC(=O)CC1CNC1. The Labute approximate surface area is 98.8 Å². The van der Waals surface area contributed by atoms with Crippen LogP contribution in [0.5, 0.6) is 0 Å². The smallest absolute Gasteiger partial charge is 0.220 e. The van der Waals surface area contributed by atoms with Crippen LogP contribution in [-0.2, 0) is 4.79 Å². The number of nitrogens with one attached hydrogen (secondary N) is 2. The van der Waals surface area contributed by atoms with Gasteiger partial charge in [0.1, 0.15) is 0 Å². The van der Waals surface area contributed by atoms with Crippen molar-refractivity contribution in [3.05, 3.63) is 0 Å². The van der Waals surface area contributed by atoms with E-state index in [-0.39, 0.29) is 11.9 Å². The molecule has 94 valence electrons. The Balaban J connectivity index is 2.16. The zero-order valence-electron chi connectivity index (χ0n) is 10.8. The summed E-state index contributed by atoms with van der Waals surface area (Å²) in [5, 5.41) is 6.25. The molecular formula is C12H25N3O. The van der Waals surface area contributed by atoms with Crippen LogP contribution in [0.3, 0.4) is 0 Å². The van der Waals surface area contributed by atoms with E-state index < -0.39 is 0 Å². The number of rotatable bonds is 7. The largest absolute Gasteiger partial charge is 0.352 e. The first-order chi connectivity index (χ1) is 7.65. The molecular weight excluding hydrogens is 202 g/mol. The minimum absolute atomic E-state index is 0.200. The normalized spacial score (nSPS) is 18.2. The summed E-state index contributed by atoms with van der Waals surface area (Å²) in [4.78, 5) is 14.0. The fourth-order valence-corrected chi connectivity index (χ4v) is 2.00. The van der Waals surface area contributed by atoms with Gasteiger partial charge in [-0.1, -0.05) is 13.8 Å². The molecule has 1 fully saturated rings. The van der Waals surface area contributed by atoms with Gasteiger partial charge in [-0.3, -0.25) is 4.79 Å². The molecule has 1 aliphatic heterocycles. The van der Waals surface area contributed by atoms with Crippen molar-refractivity contribution in [1.29, 1.82) is 0 Å². The maximum Gasteiger partial charge on any atom is 0.220 e. The van der Waals surface area contributed by atoms with Crippen molar-refractivity contribution >= 4 is 5.91 Å². The summed E-state index contributed by atoms with van der Waals surface area (Å²) < 4.78 is 0. The summed E-state index contributed by atoms with van der Waals surface area (Å²) in [5.41, 5.74) is 0. The highest BCUT2D eigenvalue weighted by atomic mass is 16.1. The predicted molar refractivity (Wildman–Crippen MR) is 66.4 cm³/mol. The van der Waals surface area contributed by atoms with Gasteiger partial charge in [-0.25, -0.2) is 0 Å². The van der Waals surface area contributed by atoms with E-state index in [4.69, 9.17) is 0 Å². The van der Waals surface area contributed by atoms with Gasteiger partial charge in [-0.05, 0) is 39.0 Å². The zero-order valence-corrected chi connectivity index (χ0v) is 10.8. The van der Waals surface area contributed by atoms with Gasteiger partial charge in [0.05, 0.1) is 0 Å². The average Bonchev–Trinajstić information content (AvgIpc) is 2.20. The average molecular weight is 227 g/mol. The summed E-state index contributed by atoms with van der Waals surface area (Å²) >= 11 is 0. The number of amides is 1. The van der Waals surface area contributed by atoms with Crippen molar-refractivity contribution in [2.45, 2.75) is 33.2 Å². The Kier molecular flexibility index (Phi) is 5.77. The lowest BCUT2D eigenvalue weighted by atomic mass is 9.99. The minimum Gasteiger partial charge on any atom is -0.352 e. The standard InChI is InChI=1S/C12H25N3O/c1-4-15(5-2)9-10(3)14-12(16)6-11-7-13-8-11/h10-11,13H,4-9H2,1-3H3,(H,14,16). The second-order valence-corrected chi connectivity index (χ2v) is 4.68. The van der Waals surface area contributed by atoms with Crippen LogP contribution in [0.1, 0.15) is 27.2 Å². The van der Waals surface area contributed by atoms with Gasteiger partial charge in [-0.2, -0.15) is 0 Å². The van der Waals surface area contributed by atoms with Crippen LogP contribution in [0.4, 0.5) is 0 Å². The molecule has 1 saturated heterocycles. The third-order valence-corrected chi connectivity index (χ3v) is 3.17. The van der Waals surface area contributed by atoms with Gasteiger partial charge >= 0.3 is 0 Å². The summed E-state index contributed by atoms with van der Waals surface area (Å²) in [5.74, 6) is 0.756. The Morgan fingerprint density at radius 2 is 2.06 bits per heavy atom. The number of likely N-dealkylation sites (N-methyl/N-ethyl adjacent to an activating group) is 1. The molecule has 4 nitrogen and oxygen atoms in total. The highest BCUT2D eigenvalue weighted by Crippen LogP contribution is 2.07. The van der Waals surface area contributed by atoms with E-state index in [2.05, 4.69) is 36.3 Å². The maximum atomic E-state index is 11.7. The molecule has 1 heterocycles. The highest BCUT2D eigenvalue weighted by Gasteiger charge is 2.20. The third kappa shape index (κ3) is 4.49. The predicted octanol–water partition coefficient (Wildman–Crippen LogP) is 0.442. The van der Waals surface area contributed by atoms with Crippen LogP contribution < -0.4 is 10.6 Å². The molecule has 4 heteroatoms. The second-order valence-electron chi connectivity index (χ2n) is 4.68. The molecule has 0 saturated carbocycles. The molecule has 0 spiro atoms. The molecule has 1 atom stereocenters. The molecule has 0 aromatic carbocycles. The molecule has 1 aliphatic rings. The van der Waals surface area contributed by atoms with Crippen LogP contribution in [-0.4, -0.2) is 49.6 Å². The first-order valence-electron chi connectivity index (χ1n) is 6.38. The third-order valence-electron chi connectivity index (χ3n) is 3.17. The lowest BCUT2D eigenvalue weighted by Gasteiger charge is -2.28. The Hall–Kier alpha value is -0.610. The lowest BCUT2D eigenvalue weighted by molar-refractivity contribution is -0.123. The molecule has 2 N–H and O–H groups in total. The number of carbonyl (C=O) groups excluding carboxylic acids is 1. The summed E-state index contributed by atoms with van der Waals surface area (Å²) in [6.45, 7) is 11.4. The molecule has 1 unspecified atom stereocenters. The van der Waals surface area contributed by atoms with Crippen molar-refractivity contribution in [1.82, 2.24) is 15.5 Å². The first kappa shape index (κ1) is 13.5. The molecule has 0 aliphatic carbocycles. The number of hydrogen-bond acceptors (Lipinski definition) is 3. The van der Waals surface area contributed by atoms with Crippen LogP contribution in [0.15, 0.2) is 0 Å². The van der Waals surface area contributed by atoms with Crippen molar-refractivity contribution in [2.75, 3.05) is 32.7 Å². The second kappa shape index (κ2) is 6.86. The van der Waals surface area contributed by atoms with Crippen LogP contribution >= 0.6 is 0 Å². The molecule has 16 heavy (non-hydrogen) atoms. The van der Waals surface area contributed by atoms with E-state index in [0.717, 1.165) is 32.7 Å². The summed E-state index contributed by atoms with van der Waals surface area (Å²) in [7, 11) is 0. The Bertz CT molecular complexity index is 212. The van der Waals surface area contributed by atoms with Gasteiger partial charge < -0.3 is 15.5 Å². The summed E-state index contributed by atoms with van der Waals surface area (Å²) in [6, 6.07) is 0.250. The minimum atomic E-state index is 0.200. The lowest BCUT2D eigenvalue weighted by Crippen LogP contribution is -2.47. The van der Waals surface area contributed by atoms with Crippen molar-refractivity contribution in [2.24, 2.45) is 5.92 Å². The monoisotopic (exact) mass is 227 g/mol. The van der Waals surface area contributed by atoms with Crippen LogP contribution in [0.2, 0.25) is 0 Å². The van der Waals surface area contributed by atoms with Crippen LogP contribution in [0.25, 0.3) is 0 Å². The van der Waals surface area contributed by atoms with Crippen LogP contribution in [0, 0.1) is 5.92 Å². The van der Waals surface area contributed by atoms with Crippen molar-refractivity contribution in [3.8, 4) is 0 Å². The first-order valence-corrected chi connectivity index (χ1v) is 6.38. The van der Waals surface area contributed by atoms with Gasteiger partial charge in [0.15, 0.2) is 0 Å². The highest BCUT2D eigenvalue weighted by molar-refractivity contribution is 5.76. The Morgan fingerprint density at radius 1 is 1.44 bits per heavy atom.